The van der Waals surface area contributed by atoms with Gasteiger partial charge in [0.1, 0.15) is 11.6 Å². The van der Waals surface area contributed by atoms with Crippen LogP contribution in [0.5, 0.6) is 0 Å². The Kier molecular flexibility index (Phi) is 6.11. The van der Waals surface area contributed by atoms with E-state index in [-0.39, 0.29) is 29.2 Å². The van der Waals surface area contributed by atoms with Crippen molar-refractivity contribution in [1.29, 1.82) is 0 Å². The molecule has 0 unspecified atom stereocenters. The van der Waals surface area contributed by atoms with Gasteiger partial charge in [0.25, 0.3) is 5.56 Å². The summed E-state index contributed by atoms with van der Waals surface area (Å²) in [5, 5.41) is 7.59. The molecule has 6 nitrogen and oxygen atoms in total. The first-order valence-electron chi connectivity index (χ1n) is 10.5. The topological polar surface area (TPSA) is 67.2 Å². The largest absolute Gasteiger partial charge is 0.354 e. The third kappa shape index (κ3) is 4.82. The second-order valence-corrected chi connectivity index (χ2v) is 7.84. The molecule has 160 valence electrons. The lowest BCUT2D eigenvalue weighted by molar-refractivity contribution is -0.125. The van der Waals surface area contributed by atoms with Crippen LogP contribution in [0.25, 0.3) is 5.69 Å². The van der Waals surface area contributed by atoms with Crippen molar-refractivity contribution < 1.29 is 9.18 Å². The van der Waals surface area contributed by atoms with Gasteiger partial charge in [-0.1, -0.05) is 30.3 Å². The molecule has 2 aromatic carbocycles. The van der Waals surface area contributed by atoms with Crippen LogP contribution >= 0.6 is 0 Å². The summed E-state index contributed by atoms with van der Waals surface area (Å²) in [6.07, 6.45) is 1.66. The lowest BCUT2D eigenvalue weighted by Crippen LogP contribution is -2.44. The number of amides is 1. The Balaban J connectivity index is 1.48. The van der Waals surface area contributed by atoms with Crippen LogP contribution in [0.3, 0.4) is 0 Å². The van der Waals surface area contributed by atoms with E-state index in [2.05, 4.69) is 10.4 Å². The summed E-state index contributed by atoms with van der Waals surface area (Å²) in [5.41, 5.74) is 1.27. The fraction of sp³-hybridized carbons (Fsp3) is 0.292. The lowest BCUT2D eigenvalue weighted by Gasteiger charge is -2.33. The molecule has 7 heteroatoms. The Morgan fingerprint density at radius 2 is 1.84 bits per heavy atom. The summed E-state index contributed by atoms with van der Waals surface area (Å²) in [6, 6.07) is 18.6. The molecule has 3 aromatic rings. The van der Waals surface area contributed by atoms with Gasteiger partial charge in [0, 0.05) is 19.2 Å². The smallest absolute Gasteiger partial charge is 0.271 e. The van der Waals surface area contributed by atoms with Gasteiger partial charge in [-0.05, 0) is 55.7 Å². The highest BCUT2D eigenvalue weighted by molar-refractivity contribution is 5.80. The zero-order chi connectivity index (χ0) is 21.8. The average molecular weight is 420 g/mol. The van der Waals surface area contributed by atoms with Crippen LogP contribution in [-0.4, -0.2) is 28.8 Å². The Bertz CT molecular complexity index is 1100. The van der Waals surface area contributed by atoms with Gasteiger partial charge in [0.2, 0.25) is 5.91 Å². The number of benzene rings is 2. The van der Waals surface area contributed by atoms with Crippen molar-refractivity contribution in [2.24, 2.45) is 5.92 Å². The predicted molar refractivity (Wildman–Crippen MR) is 118 cm³/mol. The zero-order valence-corrected chi connectivity index (χ0v) is 17.4. The molecule has 2 heterocycles. The van der Waals surface area contributed by atoms with Crippen LogP contribution in [0.4, 0.5) is 10.2 Å². The van der Waals surface area contributed by atoms with Crippen molar-refractivity contribution >= 4 is 11.7 Å². The van der Waals surface area contributed by atoms with Crippen LogP contribution in [-0.2, 0) is 4.79 Å². The molecule has 1 fully saturated rings. The van der Waals surface area contributed by atoms with E-state index in [1.807, 2.05) is 42.2 Å². The molecule has 31 heavy (non-hydrogen) atoms. The van der Waals surface area contributed by atoms with E-state index in [4.69, 9.17) is 0 Å². The number of anilines is 1. The summed E-state index contributed by atoms with van der Waals surface area (Å²) in [4.78, 5) is 27.2. The first-order chi connectivity index (χ1) is 15.0. The molecule has 2 atom stereocenters. The van der Waals surface area contributed by atoms with Crippen molar-refractivity contribution in [2.75, 3.05) is 18.0 Å². The monoisotopic (exact) mass is 420 g/mol. The molecule has 0 bridgehead atoms. The van der Waals surface area contributed by atoms with Gasteiger partial charge in [-0.3, -0.25) is 9.59 Å². The van der Waals surface area contributed by atoms with Crippen LogP contribution in [0, 0.1) is 11.7 Å². The van der Waals surface area contributed by atoms with Crippen molar-refractivity contribution in [3.8, 4) is 5.69 Å². The Hall–Kier alpha value is -3.48. The SMILES string of the molecule is C[C@H](NC(=O)[C@@H]1CCCN(c2ccc(=O)n(-c3ccc(F)cc3)n2)C1)c1ccccc1. The normalized spacial score (nSPS) is 17.2. The highest BCUT2D eigenvalue weighted by Crippen LogP contribution is 2.23. The Labute approximate surface area is 180 Å². The van der Waals surface area contributed by atoms with Gasteiger partial charge in [0.15, 0.2) is 0 Å². The van der Waals surface area contributed by atoms with Crippen molar-refractivity contribution in [3.63, 3.8) is 0 Å². The third-order valence-corrected chi connectivity index (χ3v) is 5.63. The highest BCUT2D eigenvalue weighted by Gasteiger charge is 2.27. The minimum Gasteiger partial charge on any atom is -0.354 e. The molecule has 0 spiro atoms. The number of piperidine rings is 1. The summed E-state index contributed by atoms with van der Waals surface area (Å²) in [5.74, 6) is 0.112. The maximum absolute atomic E-state index is 13.2. The number of halogens is 1. The molecule has 0 radical (unpaired) electrons. The third-order valence-electron chi connectivity index (χ3n) is 5.63. The first-order valence-corrected chi connectivity index (χ1v) is 10.5. The molecular formula is C24H25FN4O2. The molecule has 4 rings (SSSR count). The number of nitrogens with zero attached hydrogens (tertiary/aromatic N) is 3. The quantitative estimate of drug-likeness (QED) is 0.686. The number of aromatic nitrogens is 2. The van der Waals surface area contributed by atoms with E-state index in [9.17, 15) is 14.0 Å². The Morgan fingerprint density at radius 3 is 2.58 bits per heavy atom. The second-order valence-electron chi connectivity index (χ2n) is 7.84. The number of hydrogen-bond acceptors (Lipinski definition) is 4. The fourth-order valence-electron chi connectivity index (χ4n) is 3.89. The van der Waals surface area contributed by atoms with E-state index >= 15 is 0 Å². The standard InChI is InChI=1S/C24H25FN4O2/c1-17(18-6-3-2-4-7-18)26-24(31)19-8-5-15-28(16-19)22-13-14-23(30)29(27-22)21-11-9-20(25)10-12-21/h2-4,6-7,9-14,17,19H,5,8,15-16H2,1H3,(H,26,31)/t17-,19+/m0/s1. The number of hydrogen-bond donors (Lipinski definition) is 1. The van der Waals surface area contributed by atoms with Crippen molar-refractivity contribution in [3.05, 3.63) is 88.5 Å². The van der Waals surface area contributed by atoms with Gasteiger partial charge < -0.3 is 10.2 Å². The van der Waals surface area contributed by atoms with Gasteiger partial charge >= 0.3 is 0 Å². The van der Waals surface area contributed by atoms with Crippen molar-refractivity contribution in [2.45, 2.75) is 25.8 Å². The molecule has 1 aliphatic heterocycles. The summed E-state index contributed by atoms with van der Waals surface area (Å²) in [7, 11) is 0. The molecule has 1 aliphatic rings. The number of carbonyl (C=O) groups is 1. The lowest BCUT2D eigenvalue weighted by atomic mass is 9.96. The van der Waals surface area contributed by atoms with Crippen LogP contribution < -0.4 is 15.8 Å². The first kappa shape index (κ1) is 20.8. The predicted octanol–water partition coefficient (Wildman–Crippen LogP) is 3.47. The van der Waals surface area contributed by atoms with Gasteiger partial charge in [0.05, 0.1) is 17.6 Å². The summed E-state index contributed by atoms with van der Waals surface area (Å²) < 4.78 is 14.5. The van der Waals surface area contributed by atoms with Gasteiger partial charge in [-0.2, -0.15) is 4.68 Å². The molecule has 1 amide bonds. The van der Waals surface area contributed by atoms with E-state index in [1.165, 1.54) is 35.0 Å². The minimum atomic E-state index is -0.373. The number of rotatable bonds is 5. The van der Waals surface area contributed by atoms with Crippen molar-refractivity contribution in [1.82, 2.24) is 15.1 Å². The van der Waals surface area contributed by atoms with Crippen LogP contribution in [0.2, 0.25) is 0 Å². The minimum absolute atomic E-state index is 0.0212. The van der Waals surface area contributed by atoms with E-state index in [0.29, 0.717) is 18.1 Å². The molecular weight excluding hydrogens is 395 g/mol. The van der Waals surface area contributed by atoms with E-state index in [0.717, 1.165) is 24.9 Å². The van der Waals surface area contributed by atoms with Crippen LogP contribution in [0.15, 0.2) is 71.5 Å². The average Bonchev–Trinajstić information content (AvgIpc) is 2.80. The Morgan fingerprint density at radius 1 is 1.10 bits per heavy atom. The van der Waals surface area contributed by atoms with E-state index in [1.54, 1.807) is 6.07 Å². The number of nitrogens with one attached hydrogen (secondary N) is 1. The second kappa shape index (κ2) is 9.12. The van der Waals surface area contributed by atoms with Crippen LogP contribution in [0.1, 0.15) is 31.4 Å². The van der Waals surface area contributed by atoms with Gasteiger partial charge in [-0.25, -0.2) is 4.39 Å². The molecule has 1 N–H and O–H groups in total. The summed E-state index contributed by atoms with van der Waals surface area (Å²) in [6.45, 7) is 3.27. The van der Waals surface area contributed by atoms with Gasteiger partial charge in [-0.15, -0.1) is 5.10 Å². The summed E-state index contributed by atoms with van der Waals surface area (Å²) >= 11 is 0. The van der Waals surface area contributed by atoms with E-state index < -0.39 is 0 Å². The maximum atomic E-state index is 13.2. The maximum Gasteiger partial charge on any atom is 0.271 e. The molecule has 0 aliphatic carbocycles. The highest BCUT2D eigenvalue weighted by atomic mass is 19.1. The molecule has 0 saturated carbocycles. The fourth-order valence-corrected chi connectivity index (χ4v) is 3.89. The molecule has 1 aromatic heterocycles. The molecule has 1 saturated heterocycles. The number of carbonyl (C=O) groups excluding carboxylic acids is 1. The zero-order valence-electron chi connectivity index (χ0n) is 17.4.